The summed E-state index contributed by atoms with van der Waals surface area (Å²) in [6.45, 7) is 2.90. The van der Waals surface area contributed by atoms with Crippen LogP contribution in [0, 0.1) is 0 Å². The molecule has 0 aromatic heterocycles. The molecule has 0 bridgehead atoms. The second kappa shape index (κ2) is 8.38. The zero-order chi connectivity index (χ0) is 21.0. The van der Waals surface area contributed by atoms with Crippen molar-refractivity contribution >= 4 is 23.8 Å². The summed E-state index contributed by atoms with van der Waals surface area (Å²) < 4.78 is 15.4. The fourth-order valence-corrected chi connectivity index (χ4v) is 3.17. The molecule has 4 amide bonds. The molecule has 1 aromatic rings. The van der Waals surface area contributed by atoms with E-state index in [1.165, 1.54) is 0 Å². The lowest BCUT2D eigenvalue weighted by molar-refractivity contribution is -0.151. The van der Waals surface area contributed by atoms with Crippen molar-refractivity contribution in [2.45, 2.75) is 38.8 Å². The van der Waals surface area contributed by atoms with Gasteiger partial charge in [-0.2, -0.15) is 0 Å². The lowest BCUT2D eigenvalue weighted by Crippen LogP contribution is -2.46. The molecule has 2 aliphatic heterocycles. The van der Waals surface area contributed by atoms with E-state index >= 15 is 0 Å². The Hall–Kier alpha value is -3.30. The summed E-state index contributed by atoms with van der Waals surface area (Å²) in [7, 11) is 0. The number of carbonyl (C=O) groups is 4. The van der Waals surface area contributed by atoms with Gasteiger partial charge in [-0.15, -0.1) is 0 Å². The van der Waals surface area contributed by atoms with Crippen molar-refractivity contribution in [2.75, 3.05) is 19.9 Å². The Morgan fingerprint density at radius 2 is 1.93 bits per heavy atom. The largest absolute Gasteiger partial charge is 0.454 e. The van der Waals surface area contributed by atoms with Crippen LogP contribution in [0.25, 0.3) is 0 Å². The number of nitrogens with zero attached hydrogens (tertiary/aromatic N) is 1. The van der Waals surface area contributed by atoms with Crippen LogP contribution in [0.1, 0.15) is 32.3 Å². The van der Waals surface area contributed by atoms with Crippen molar-refractivity contribution in [3.63, 3.8) is 0 Å². The number of rotatable bonds is 8. The number of esters is 1. The highest BCUT2D eigenvalue weighted by atomic mass is 16.7. The maximum Gasteiger partial charge on any atom is 0.326 e. The van der Waals surface area contributed by atoms with E-state index in [-0.39, 0.29) is 13.3 Å². The maximum absolute atomic E-state index is 12.5. The highest BCUT2D eigenvalue weighted by Crippen LogP contribution is 2.32. The molecule has 29 heavy (non-hydrogen) atoms. The minimum absolute atomic E-state index is 0.163. The number of benzene rings is 1. The van der Waals surface area contributed by atoms with Crippen LogP contribution >= 0.6 is 0 Å². The number of carbonyl (C=O) groups excluding carboxylic acids is 4. The number of ether oxygens (including phenoxy) is 3. The van der Waals surface area contributed by atoms with Gasteiger partial charge in [0.15, 0.2) is 18.1 Å². The molecule has 2 N–H and O–H groups in total. The number of hydrogen-bond acceptors (Lipinski definition) is 7. The van der Waals surface area contributed by atoms with Crippen LogP contribution in [0.2, 0.25) is 0 Å². The quantitative estimate of drug-likeness (QED) is 0.482. The van der Waals surface area contributed by atoms with Gasteiger partial charge in [-0.25, -0.2) is 4.79 Å². The van der Waals surface area contributed by atoms with E-state index in [0.29, 0.717) is 24.3 Å². The first-order chi connectivity index (χ1) is 13.9. The van der Waals surface area contributed by atoms with Gasteiger partial charge in [0.2, 0.25) is 6.79 Å². The van der Waals surface area contributed by atoms with Crippen molar-refractivity contribution in [1.82, 2.24) is 15.5 Å². The summed E-state index contributed by atoms with van der Waals surface area (Å²) in [5.41, 5.74) is -0.192. The zero-order valence-corrected chi connectivity index (χ0v) is 16.3. The highest BCUT2D eigenvalue weighted by Gasteiger charge is 2.49. The lowest BCUT2D eigenvalue weighted by atomic mass is 9.93. The Morgan fingerprint density at radius 3 is 2.62 bits per heavy atom. The number of urea groups is 1. The molecule has 0 atom stereocenters. The molecular weight excluding hydrogens is 382 g/mol. The van der Waals surface area contributed by atoms with Gasteiger partial charge >= 0.3 is 12.0 Å². The summed E-state index contributed by atoms with van der Waals surface area (Å²) in [6.07, 6.45) is 0.837. The number of imide groups is 1. The fraction of sp³-hybridized carbons (Fsp3) is 0.474. The smallest absolute Gasteiger partial charge is 0.326 e. The second-order valence-corrected chi connectivity index (χ2v) is 6.74. The molecule has 156 valence electrons. The van der Waals surface area contributed by atoms with Gasteiger partial charge in [-0.1, -0.05) is 19.9 Å². The number of fused-ring (bicyclic) bond motifs is 1. The van der Waals surface area contributed by atoms with Gasteiger partial charge < -0.3 is 24.8 Å². The molecule has 0 saturated carbocycles. The second-order valence-electron chi connectivity index (χ2n) is 6.74. The molecule has 0 unspecified atom stereocenters. The summed E-state index contributed by atoms with van der Waals surface area (Å²) in [6, 6.07) is 4.64. The van der Waals surface area contributed by atoms with Crippen molar-refractivity contribution in [3.8, 4) is 11.5 Å². The van der Waals surface area contributed by atoms with Gasteiger partial charge in [0.05, 0.1) is 0 Å². The molecule has 1 aromatic carbocycles. The van der Waals surface area contributed by atoms with Crippen molar-refractivity contribution in [2.24, 2.45) is 0 Å². The van der Waals surface area contributed by atoms with Gasteiger partial charge in [-0.3, -0.25) is 19.3 Å². The summed E-state index contributed by atoms with van der Waals surface area (Å²) in [5.74, 6) is -0.562. The third-order valence-corrected chi connectivity index (χ3v) is 5.03. The topological polar surface area (TPSA) is 123 Å². The van der Waals surface area contributed by atoms with Crippen molar-refractivity contribution in [1.29, 1.82) is 0 Å². The van der Waals surface area contributed by atoms with E-state index in [0.717, 1.165) is 10.5 Å². The number of hydrogen-bond donors (Lipinski definition) is 2. The van der Waals surface area contributed by atoms with E-state index < -0.39 is 42.5 Å². The van der Waals surface area contributed by atoms with E-state index in [2.05, 4.69) is 10.6 Å². The van der Waals surface area contributed by atoms with Crippen LogP contribution < -0.4 is 20.1 Å². The highest BCUT2D eigenvalue weighted by molar-refractivity contribution is 6.08. The molecule has 1 fully saturated rings. The summed E-state index contributed by atoms with van der Waals surface area (Å²) in [4.78, 5) is 49.2. The van der Waals surface area contributed by atoms with E-state index in [9.17, 15) is 19.2 Å². The fourth-order valence-electron chi connectivity index (χ4n) is 3.17. The molecule has 10 heteroatoms. The minimum atomic E-state index is -0.987. The summed E-state index contributed by atoms with van der Waals surface area (Å²) in [5, 5.41) is 5.24. The van der Waals surface area contributed by atoms with Gasteiger partial charge in [-0.05, 0) is 30.5 Å². The number of amides is 4. The standard InChI is InChI=1S/C19H23N3O7/c1-3-19(4-2)17(25)22(18(26)21-19)9-16(24)27-10-15(23)20-8-12-5-6-13-14(7-12)29-11-28-13/h5-7H,3-4,8-11H2,1-2H3,(H,20,23)(H,21,26). The predicted octanol–water partition coefficient (Wildman–Crippen LogP) is 0.685. The molecule has 2 heterocycles. The maximum atomic E-state index is 12.5. The Bertz CT molecular complexity index is 835. The zero-order valence-electron chi connectivity index (χ0n) is 16.3. The molecule has 0 radical (unpaired) electrons. The summed E-state index contributed by atoms with van der Waals surface area (Å²) >= 11 is 0. The van der Waals surface area contributed by atoms with Crippen molar-refractivity contribution < 1.29 is 33.4 Å². The van der Waals surface area contributed by atoms with Crippen LogP contribution in [0.4, 0.5) is 4.79 Å². The first kappa shape index (κ1) is 20.4. The first-order valence-corrected chi connectivity index (χ1v) is 9.33. The third kappa shape index (κ3) is 4.25. The predicted molar refractivity (Wildman–Crippen MR) is 98.9 cm³/mol. The van der Waals surface area contributed by atoms with Crippen LogP contribution in [-0.2, 0) is 25.7 Å². The minimum Gasteiger partial charge on any atom is -0.454 e. The average Bonchev–Trinajstić information content (AvgIpc) is 3.28. The van der Waals surface area contributed by atoms with Gasteiger partial charge in [0, 0.05) is 6.54 Å². The molecule has 1 saturated heterocycles. The van der Waals surface area contributed by atoms with Crippen LogP contribution in [-0.4, -0.2) is 54.2 Å². The normalized spacial score (nSPS) is 16.6. The Kier molecular flexibility index (Phi) is 5.90. The van der Waals surface area contributed by atoms with Crippen LogP contribution in [0.5, 0.6) is 11.5 Å². The van der Waals surface area contributed by atoms with Crippen LogP contribution in [0.15, 0.2) is 18.2 Å². The van der Waals surface area contributed by atoms with Crippen molar-refractivity contribution in [3.05, 3.63) is 23.8 Å². The number of nitrogens with one attached hydrogen (secondary N) is 2. The van der Waals surface area contributed by atoms with Crippen LogP contribution in [0.3, 0.4) is 0 Å². The monoisotopic (exact) mass is 405 g/mol. The Labute approximate surface area is 167 Å². The molecule has 2 aliphatic rings. The third-order valence-electron chi connectivity index (χ3n) is 5.03. The lowest BCUT2D eigenvalue weighted by Gasteiger charge is -2.22. The molecule has 10 nitrogen and oxygen atoms in total. The molecule has 0 spiro atoms. The molecule has 3 rings (SSSR count). The Balaban J connectivity index is 1.44. The average molecular weight is 405 g/mol. The van der Waals surface area contributed by atoms with E-state index in [4.69, 9.17) is 14.2 Å². The SMILES string of the molecule is CCC1(CC)NC(=O)N(CC(=O)OCC(=O)NCc2ccc3c(c2)OCO3)C1=O. The van der Waals surface area contributed by atoms with Gasteiger partial charge in [0.1, 0.15) is 12.1 Å². The van der Waals surface area contributed by atoms with Gasteiger partial charge in [0.25, 0.3) is 11.8 Å². The first-order valence-electron chi connectivity index (χ1n) is 9.33. The van der Waals surface area contributed by atoms with E-state index in [1.54, 1.807) is 32.0 Å². The molecule has 0 aliphatic carbocycles. The Morgan fingerprint density at radius 1 is 1.21 bits per heavy atom. The van der Waals surface area contributed by atoms with E-state index in [1.807, 2.05) is 0 Å². The molecular formula is C19H23N3O7.